The molecule has 0 aliphatic carbocycles. The van der Waals surface area contributed by atoms with Crippen molar-refractivity contribution in [1.82, 2.24) is 20.2 Å². The molecule has 0 radical (unpaired) electrons. The maximum absolute atomic E-state index is 9.79. The first-order valence-corrected chi connectivity index (χ1v) is 7.16. The van der Waals surface area contributed by atoms with E-state index >= 15 is 0 Å². The fourth-order valence-corrected chi connectivity index (χ4v) is 2.72. The molecule has 0 amide bonds. The minimum absolute atomic E-state index is 0.0353. The Balaban J connectivity index is 1.79. The number of aliphatic hydroxyl groups is 2. The van der Waals surface area contributed by atoms with Gasteiger partial charge < -0.3 is 19.8 Å². The lowest BCUT2D eigenvalue weighted by Crippen LogP contribution is -2.34. The summed E-state index contributed by atoms with van der Waals surface area (Å²) in [5.74, 6) is 1.36. The normalized spacial score (nSPS) is 21.3. The van der Waals surface area contributed by atoms with Gasteiger partial charge in [0, 0.05) is 6.54 Å². The van der Waals surface area contributed by atoms with Gasteiger partial charge in [0.15, 0.2) is 0 Å². The molecule has 1 saturated heterocycles. The van der Waals surface area contributed by atoms with Crippen LogP contribution in [0.5, 0.6) is 5.75 Å². The van der Waals surface area contributed by atoms with Crippen molar-refractivity contribution in [1.29, 1.82) is 0 Å². The summed E-state index contributed by atoms with van der Waals surface area (Å²) in [6.45, 7) is 0.901. The van der Waals surface area contributed by atoms with Crippen LogP contribution >= 0.6 is 0 Å². The number of benzene rings is 1. The molecule has 1 fully saturated rings. The van der Waals surface area contributed by atoms with Crippen molar-refractivity contribution < 1.29 is 14.9 Å². The van der Waals surface area contributed by atoms with Crippen molar-refractivity contribution in [2.24, 2.45) is 0 Å². The second kappa shape index (κ2) is 6.29. The Hall–Kier alpha value is -2.19. The lowest BCUT2D eigenvalue weighted by molar-refractivity contribution is 0.184. The molecule has 1 aromatic heterocycles. The predicted molar refractivity (Wildman–Crippen MR) is 78.8 cm³/mol. The number of tetrazole rings is 1. The number of nitrogens with zero attached hydrogens (tertiary/aromatic N) is 5. The molecule has 22 heavy (non-hydrogen) atoms. The third-order valence-electron chi connectivity index (χ3n) is 3.86. The zero-order valence-corrected chi connectivity index (χ0v) is 12.3. The second-order valence-electron chi connectivity index (χ2n) is 5.36. The number of rotatable bonds is 5. The van der Waals surface area contributed by atoms with E-state index in [1.165, 1.54) is 0 Å². The van der Waals surface area contributed by atoms with Gasteiger partial charge >= 0.3 is 0 Å². The monoisotopic (exact) mass is 305 g/mol. The Bertz CT molecular complexity index is 615. The Morgan fingerprint density at radius 3 is 2.77 bits per heavy atom. The zero-order chi connectivity index (χ0) is 15.5. The number of hydrogen-bond acceptors (Lipinski definition) is 7. The van der Waals surface area contributed by atoms with E-state index in [4.69, 9.17) is 4.74 Å². The molecular weight excluding hydrogens is 286 g/mol. The van der Waals surface area contributed by atoms with Crippen molar-refractivity contribution in [3.8, 4) is 5.75 Å². The lowest BCUT2D eigenvalue weighted by Gasteiger charge is -2.22. The third-order valence-corrected chi connectivity index (χ3v) is 3.86. The number of methoxy groups -OCH3 is 1. The summed E-state index contributed by atoms with van der Waals surface area (Å²) in [6.07, 6.45) is 0.0506. The molecule has 0 spiro atoms. The molecule has 2 N–H and O–H groups in total. The van der Waals surface area contributed by atoms with Crippen molar-refractivity contribution >= 4 is 5.95 Å². The van der Waals surface area contributed by atoms with Gasteiger partial charge in [-0.3, -0.25) is 0 Å². The zero-order valence-electron chi connectivity index (χ0n) is 12.3. The number of ether oxygens (including phenoxy) is 1. The fraction of sp³-hybridized carbons (Fsp3) is 0.500. The maximum atomic E-state index is 9.79. The van der Waals surface area contributed by atoms with Crippen LogP contribution in [-0.2, 0) is 6.54 Å². The molecule has 2 heterocycles. The van der Waals surface area contributed by atoms with Crippen LogP contribution < -0.4 is 9.64 Å². The van der Waals surface area contributed by atoms with Gasteiger partial charge in [-0.1, -0.05) is 17.2 Å². The maximum Gasteiger partial charge on any atom is 0.246 e. The van der Waals surface area contributed by atoms with Gasteiger partial charge in [0.2, 0.25) is 5.95 Å². The molecule has 1 aliphatic heterocycles. The van der Waals surface area contributed by atoms with E-state index in [2.05, 4.69) is 15.5 Å². The summed E-state index contributed by atoms with van der Waals surface area (Å²) in [5, 5.41) is 31.0. The summed E-state index contributed by atoms with van der Waals surface area (Å²) in [5.41, 5.74) is 1.04. The molecule has 2 atom stereocenters. The van der Waals surface area contributed by atoms with E-state index in [1.807, 2.05) is 29.2 Å². The van der Waals surface area contributed by atoms with Crippen LogP contribution in [0, 0.1) is 0 Å². The minimum atomic E-state index is -0.469. The Labute approximate surface area is 127 Å². The number of β-amino-alcohol motifs (C(OH)–C–C–N with tert-alkyl or cyclic N) is 1. The molecule has 0 saturated carbocycles. The van der Waals surface area contributed by atoms with Gasteiger partial charge in [0.1, 0.15) is 5.75 Å². The molecule has 2 aromatic rings. The molecule has 0 unspecified atom stereocenters. The summed E-state index contributed by atoms with van der Waals surface area (Å²) < 4.78 is 6.81. The molecule has 3 rings (SSSR count). The summed E-state index contributed by atoms with van der Waals surface area (Å²) >= 11 is 0. The van der Waals surface area contributed by atoms with E-state index in [1.54, 1.807) is 11.8 Å². The lowest BCUT2D eigenvalue weighted by atomic mass is 10.2. The molecule has 118 valence electrons. The van der Waals surface area contributed by atoms with Crippen molar-refractivity contribution in [2.45, 2.75) is 25.1 Å². The highest BCUT2D eigenvalue weighted by molar-refractivity contribution is 5.35. The molecule has 1 aliphatic rings. The number of aromatic nitrogens is 4. The highest BCUT2D eigenvalue weighted by Crippen LogP contribution is 2.24. The van der Waals surface area contributed by atoms with E-state index < -0.39 is 6.10 Å². The number of aliphatic hydroxyl groups excluding tert-OH is 2. The minimum Gasteiger partial charge on any atom is -0.497 e. The molecule has 8 nitrogen and oxygen atoms in total. The van der Waals surface area contributed by atoms with Crippen LogP contribution in [0.4, 0.5) is 5.95 Å². The van der Waals surface area contributed by atoms with E-state index in [0.717, 1.165) is 11.3 Å². The van der Waals surface area contributed by atoms with Gasteiger partial charge in [-0.2, -0.15) is 0 Å². The average molecular weight is 305 g/mol. The number of anilines is 1. The van der Waals surface area contributed by atoms with E-state index in [0.29, 0.717) is 25.5 Å². The van der Waals surface area contributed by atoms with Gasteiger partial charge in [0.25, 0.3) is 0 Å². The first-order valence-electron chi connectivity index (χ1n) is 7.16. The molecular formula is C14H19N5O3. The third kappa shape index (κ3) is 2.88. The van der Waals surface area contributed by atoms with Crippen LogP contribution in [-0.4, -0.2) is 62.8 Å². The van der Waals surface area contributed by atoms with Gasteiger partial charge in [-0.05, 0) is 34.5 Å². The standard InChI is InChI=1S/C14H19N5O3/c1-22-13-4-2-10(3-5-13)7-19-14(15-16-17-19)18-8-12(21)6-11(18)9-20/h2-5,11-12,20-21H,6-9H2,1H3/t11-,12-/m0/s1. The Kier molecular flexibility index (Phi) is 4.21. The van der Waals surface area contributed by atoms with Gasteiger partial charge in [0.05, 0.1) is 32.4 Å². The first-order chi connectivity index (χ1) is 10.7. The highest BCUT2D eigenvalue weighted by Gasteiger charge is 2.33. The summed E-state index contributed by atoms with van der Waals surface area (Å²) in [7, 11) is 1.63. The molecule has 1 aromatic carbocycles. The fourth-order valence-electron chi connectivity index (χ4n) is 2.72. The Morgan fingerprint density at radius 1 is 1.32 bits per heavy atom. The van der Waals surface area contributed by atoms with Gasteiger partial charge in [-0.15, -0.1) is 0 Å². The first kappa shape index (κ1) is 14.7. The van der Waals surface area contributed by atoms with E-state index in [-0.39, 0.29) is 12.6 Å². The molecule has 0 bridgehead atoms. The van der Waals surface area contributed by atoms with Gasteiger partial charge in [-0.25, -0.2) is 4.68 Å². The smallest absolute Gasteiger partial charge is 0.246 e. The van der Waals surface area contributed by atoms with Crippen LogP contribution in [0.2, 0.25) is 0 Å². The van der Waals surface area contributed by atoms with Crippen molar-refractivity contribution in [3.05, 3.63) is 29.8 Å². The average Bonchev–Trinajstić information content (AvgIpc) is 3.13. The van der Waals surface area contributed by atoms with Crippen molar-refractivity contribution in [2.75, 3.05) is 25.2 Å². The van der Waals surface area contributed by atoms with Crippen LogP contribution in [0.3, 0.4) is 0 Å². The largest absolute Gasteiger partial charge is 0.497 e. The van der Waals surface area contributed by atoms with Crippen LogP contribution in [0.1, 0.15) is 12.0 Å². The van der Waals surface area contributed by atoms with Crippen molar-refractivity contribution in [3.63, 3.8) is 0 Å². The number of hydrogen-bond donors (Lipinski definition) is 2. The highest BCUT2D eigenvalue weighted by atomic mass is 16.5. The summed E-state index contributed by atoms with van der Waals surface area (Å²) in [6, 6.07) is 7.51. The Morgan fingerprint density at radius 2 is 2.09 bits per heavy atom. The SMILES string of the molecule is COc1ccc(Cn2nnnc2N2C[C@@H](O)C[C@H]2CO)cc1. The summed E-state index contributed by atoms with van der Waals surface area (Å²) in [4.78, 5) is 1.86. The molecule has 8 heteroatoms. The van der Waals surface area contributed by atoms with E-state index in [9.17, 15) is 10.2 Å². The van der Waals surface area contributed by atoms with Crippen LogP contribution in [0.15, 0.2) is 24.3 Å². The topological polar surface area (TPSA) is 96.5 Å². The second-order valence-corrected chi connectivity index (χ2v) is 5.36. The van der Waals surface area contributed by atoms with Crippen LogP contribution in [0.25, 0.3) is 0 Å². The quantitative estimate of drug-likeness (QED) is 0.780. The predicted octanol–water partition coefficient (Wildman–Crippen LogP) is -0.338.